The van der Waals surface area contributed by atoms with Crippen molar-refractivity contribution in [2.45, 2.75) is 26.7 Å². The standard InChI is InChI=1S/C10H24N2O2S/c1-10(2)6-8-12(4)15(13,14)9-5-7-11-3/h10-11H,5-9H2,1-4H3. The zero-order valence-corrected chi connectivity index (χ0v) is 11.1. The highest BCUT2D eigenvalue weighted by Crippen LogP contribution is 2.05. The SMILES string of the molecule is CNCCCS(=O)(=O)N(C)CCC(C)C. The van der Waals surface area contributed by atoms with Gasteiger partial charge in [0.25, 0.3) is 0 Å². The van der Waals surface area contributed by atoms with Crippen LogP contribution in [0.15, 0.2) is 0 Å². The van der Waals surface area contributed by atoms with Crippen molar-refractivity contribution in [1.82, 2.24) is 9.62 Å². The van der Waals surface area contributed by atoms with Gasteiger partial charge in [-0.05, 0) is 32.4 Å². The van der Waals surface area contributed by atoms with E-state index in [0.29, 0.717) is 18.9 Å². The number of nitrogens with zero attached hydrogens (tertiary/aromatic N) is 1. The molecule has 0 aliphatic heterocycles. The van der Waals surface area contributed by atoms with Crippen molar-refractivity contribution in [2.24, 2.45) is 5.92 Å². The van der Waals surface area contributed by atoms with Crippen LogP contribution < -0.4 is 5.32 Å². The van der Waals surface area contributed by atoms with E-state index in [2.05, 4.69) is 19.2 Å². The lowest BCUT2D eigenvalue weighted by Gasteiger charge is -2.18. The molecule has 0 amide bonds. The van der Waals surface area contributed by atoms with Gasteiger partial charge in [-0.1, -0.05) is 13.8 Å². The zero-order chi connectivity index (χ0) is 11.9. The summed E-state index contributed by atoms with van der Waals surface area (Å²) in [6.07, 6.45) is 1.59. The molecular weight excluding hydrogens is 212 g/mol. The van der Waals surface area contributed by atoms with E-state index in [1.165, 1.54) is 4.31 Å². The molecule has 92 valence electrons. The molecule has 0 aromatic rings. The van der Waals surface area contributed by atoms with Crippen molar-refractivity contribution in [3.63, 3.8) is 0 Å². The normalized spacial score (nSPS) is 12.7. The van der Waals surface area contributed by atoms with Gasteiger partial charge in [0.05, 0.1) is 5.75 Å². The van der Waals surface area contributed by atoms with Gasteiger partial charge in [-0.25, -0.2) is 12.7 Å². The number of nitrogens with one attached hydrogen (secondary N) is 1. The van der Waals surface area contributed by atoms with Crippen LogP contribution >= 0.6 is 0 Å². The molecule has 0 rings (SSSR count). The van der Waals surface area contributed by atoms with Gasteiger partial charge >= 0.3 is 0 Å². The molecule has 0 aliphatic rings. The van der Waals surface area contributed by atoms with E-state index in [9.17, 15) is 8.42 Å². The van der Waals surface area contributed by atoms with Crippen molar-refractivity contribution in [1.29, 1.82) is 0 Å². The molecule has 0 saturated carbocycles. The summed E-state index contributed by atoms with van der Waals surface area (Å²) >= 11 is 0. The van der Waals surface area contributed by atoms with E-state index in [-0.39, 0.29) is 5.75 Å². The van der Waals surface area contributed by atoms with E-state index in [1.807, 2.05) is 7.05 Å². The Morgan fingerprint density at radius 1 is 1.33 bits per heavy atom. The quantitative estimate of drug-likeness (QED) is 0.637. The van der Waals surface area contributed by atoms with E-state index in [1.54, 1.807) is 7.05 Å². The fourth-order valence-corrected chi connectivity index (χ4v) is 2.37. The zero-order valence-electron chi connectivity index (χ0n) is 10.3. The molecule has 0 bridgehead atoms. The second-order valence-corrected chi connectivity index (χ2v) is 6.47. The lowest BCUT2D eigenvalue weighted by Crippen LogP contribution is -2.31. The predicted octanol–water partition coefficient (Wildman–Crippen LogP) is 0.904. The minimum atomic E-state index is -3.03. The Kier molecular flexibility index (Phi) is 7.13. The van der Waals surface area contributed by atoms with E-state index in [4.69, 9.17) is 0 Å². The van der Waals surface area contributed by atoms with Crippen LogP contribution in [0.4, 0.5) is 0 Å². The summed E-state index contributed by atoms with van der Waals surface area (Å²) in [6.45, 7) is 5.57. The molecule has 0 fully saturated rings. The lowest BCUT2D eigenvalue weighted by molar-refractivity contribution is 0.427. The molecule has 0 saturated heterocycles. The van der Waals surface area contributed by atoms with Crippen molar-refractivity contribution < 1.29 is 8.42 Å². The van der Waals surface area contributed by atoms with Crippen LogP contribution in [-0.4, -0.2) is 45.7 Å². The van der Waals surface area contributed by atoms with Crippen LogP contribution in [0, 0.1) is 5.92 Å². The van der Waals surface area contributed by atoms with Crippen LogP contribution in [0.3, 0.4) is 0 Å². The van der Waals surface area contributed by atoms with Crippen LogP contribution in [0.25, 0.3) is 0 Å². The third-order valence-electron chi connectivity index (χ3n) is 2.33. The topological polar surface area (TPSA) is 49.4 Å². The highest BCUT2D eigenvalue weighted by atomic mass is 32.2. The van der Waals surface area contributed by atoms with Gasteiger partial charge < -0.3 is 5.32 Å². The van der Waals surface area contributed by atoms with Gasteiger partial charge in [0.15, 0.2) is 0 Å². The fraction of sp³-hybridized carbons (Fsp3) is 1.00. The van der Waals surface area contributed by atoms with E-state index < -0.39 is 10.0 Å². The first-order chi connectivity index (χ1) is 6.90. The highest BCUT2D eigenvalue weighted by Gasteiger charge is 2.16. The van der Waals surface area contributed by atoms with E-state index >= 15 is 0 Å². The van der Waals surface area contributed by atoms with Crippen molar-refractivity contribution in [3.05, 3.63) is 0 Å². The maximum Gasteiger partial charge on any atom is 0.213 e. The molecule has 4 nitrogen and oxygen atoms in total. The van der Waals surface area contributed by atoms with Gasteiger partial charge in [0, 0.05) is 13.6 Å². The van der Waals surface area contributed by atoms with Gasteiger partial charge in [-0.2, -0.15) is 0 Å². The number of hydrogen-bond donors (Lipinski definition) is 1. The third-order valence-corrected chi connectivity index (χ3v) is 4.26. The minimum Gasteiger partial charge on any atom is -0.320 e. The molecule has 0 heterocycles. The predicted molar refractivity (Wildman–Crippen MR) is 64.4 cm³/mol. The molecule has 0 unspecified atom stereocenters. The largest absolute Gasteiger partial charge is 0.320 e. The molecule has 1 N–H and O–H groups in total. The smallest absolute Gasteiger partial charge is 0.213 e. The van der Waals surface area contributed by atoms with Crippen LogP contribution in [0.1, 0.15) is 26.7 Å². The molecular formula is C10H24N2O2S. The average Bonchev–Trinajstić information content (AvgIpc) is 2.14. The summed E-state index contributed by atoms with van der Waals surface area (Å²) in [5.41, 5.74) is 0. The van der Waals surface area contributed by atoms with Gasteiger partial charge in [0.2, 0.25) is 10.0 Å². The summed E-state index contributed by atoms with van der Waals surface area (Å²) in [5, 5.41) is 2.95. The summed E-state index contributed by atoms with van der Waals surface area (Å²) in [7, 11) is 0.457. The third kappa shape index (κ3) is 6.87. The molecule has 0 aromatic carbocycles. The Morgan fingerprint density at radius 3 is 2.40 bits per heavy atom. The molecule has 0 radical (unpaired) electrons. The molecule has 0 atom stereocenters. The monoisotopic (exact) mass is 236 g/mol. The summed E-state index contributed by atoms with van der Waals surface area (Å²) in [6, 6.07) is 0. The van der Waals surface area contributed by atoms with E-state index in [0.717, 1.165) is 13.0 Å². The van der Waals surface area contributed by atoms with Crippen molar-refractivity contribution in [2.75, 3.05) is 32.9 Å². The summed E-state index contributed by atoms with van der Waals surface area (Å²) in [5.74, 6) is 0.780. The maximum absolute atomic E-state index is 11.7. The van der Waals surface area contributed by atoms with Crippen LogP contribution in [-0.2, 0) is 10.0 Å². The lowest BCUT2D eigenvalue weighted by atomic mass is 10.1. The fourth-order valence-electron chi connectivity index (χ4n) is 1.17. The first kappa shape index (κ1) is 14.9. The first-order valence-corrected chi connectivity index (χ1v) is 7.09. The maximum atomic E-state index is 11.7. The molecule has 5 heteroatoms. The minimum absolute atomic E-state index is 0.239. The molecule has 0 aromatic heterocycles. The summed E-state index contributed by atoms with van der Waals surface area (Å²) in [4.78, 5) is 0. The van der Waals surface area contributed by atoms with Gasteiger partial charge in [-0.3, -0.25) is 0 Å². The number of hydrogen-bond acceptors (Lipinski definition) is 3. The van der Waals surface area contributed by atoms with Crippen LogP contribution in [0.5, 0.6) is 0 Å². The highest BCUT2D eigenvalue weighted by molar-refractivity contribution is 7.89. The van der Waals surface area contributed by atoms with Gasteiger partial charge in [0.1, 0.15) is 0 Å². The Morgan fingerprint density at radius 2 is 1.93 bits per heavy atom. The first-order valence-electron chi connectivity index (χ1n) is 5.48. The number of sulfonamides is 1. The Balaban J connectivity index is 3.97. The Hall–Kier alpha value is -0.130. The second kappa shape index (κ2) is 7.19. The van der Waals surface area contributed by atoms with Crippen molar-refractivity contribution in [3.8, 4) is 0 Å². The molecule has 0 aliphatic carbocycles. The molecule has 0 spiro atoms. The summed E-state index contributed by atoms with van der Waals surface area (Å²) < 4.78 is 24.9. The molecule has 15 heavy (non-hydrogen) atoms. The number of rotatable bonds is 8. The Labute approximate surface area is 94.1 Å². The Bertz CT molecular complexity index is 250. The van der Waals surface area contributed by atoms with Gasteiger partial charge in [-0.15, -0.1) is 0 Å². The van der Waals surface area contributed by atoms with Crippen LogP contribution in [0.2, 0.25) is 0 Å². The second-order valence-electron chi connectivity index (χ2n) is 4.28. The average molecular weight is 236 g/mol. The van der Waals surface area contributed by atoms with Crippen molar-refractivity contribution >= 4 is 10.0 Å².